The number of anilines is 1. The average molecular weight is 391 g/mol. The molecule has 0 saturated heterocycles. The normalized spacial score (nSPS) is 11.7. The monoisotopic (exact) mass is 391 g/mol. The van der Waals surface area contributed by atoms with Gasteiger partial charge in [0.1, 0.15) is 0 Å². The van der Waals surface area contributed by atoms with Crippen LogP contribution in [0.2, 0.25) is 0 Å². The number of H-pyrrole nitrogens is 1. The van der Waals surface area contributed by atoms with Crippen molar-refractivity contribution >= 4 is 26.5 Å². The van der Waals surface area contributed by atoms with Crippen LogP contribution in [0.5, 0.6) is 0 Å². The summed E-state index contributed by atoms with van der Waals surface area (Å²) in [6.45, 7) is 0. The molecule has 26 heavy (non-hydrogen) atoms. The fraction of sp³-hybridized carbons (Fsp3) is 0. The van der Waals surface area contributed by atoms with Crippen molar-refractivity contribution in [3.8, 4) is 0 Å². The highest BCUT2D eigenvalue weighted by atomic mass is 32.2. The van der Waals surface area contributed by atoms with Gasteiger partial charge in [0, 0.05) is 11.1 Å². The number of fused-ring (bicyclic) bond motifs is 1. The molecule has 0 atom stereocenters. The Labute approximate surface area is 141 Å². The zero-order chi connectivity index (χ0) is 19.2. The third-order valence-corrected chi connectivity index (χ3v) is 4.76. The molecule has 0 fully saturated rings. The van der Waals surface area contributed by atoms with Crippen molar-refractivity contribution in [1.29, 1.82) is 0 Å². The summed E-state index contributed by atoms with van der Waals surface area (Å²) >= 11 is 0. The summed E-state index contributed by atoms with van der Waals surface area (Å²) < 4.78 is 92.9. The molecule has 0 radical (unpaired) electrons. The molecule has 12 heteroatoms. The third-order valence-electron chi connectivity index (χ3n) is 3.36. The average Bonchev–Trinajstić information content (AvgIpc) is 2.58. The van der Waals surface area contributed by atoms with E-state index in [1.54, 1.807) is 4.72 Å². The summed E-state index contributed by atoms with van der Waals surface area (Å²) in [7, 11) is -5.19. The SMILES string of the molecule is O=c1[nH]ncc2ccc(NS(=O)(=O)c3c(F)c(F)c(F)c(F)c3F)cc12. The topological polar surface area (TPSA) is 91.9 Å². The van der Waals surface area contributed by atoms with Crippen LogP contribution in [0.15, 0.2) is 34.1 Å². The van der Waals surface area contributed by atoms with Gasteiger partial charge in [-0.2, -0.15) is 5.10 Å². The zero-order valence-electron chi connectivity index (χ0n) is 12.3. The smallest absolute Gasteiger partial charge is 0.272 e. The molecule has 1 heterocycles. The van der Waals surface area contributed by atoms with Crippen LogP contribution in [0, 0.1) is 29.1 Å². The lowest BCUT2D eigenvalue weighted by molar-refractivity contribution is 0.358. The molecule has 0 saturated carbocycles. The molecule has 0 spiro atoms. The molecule has 0 bridgehead atoms. The highest BCUT2D eigenvalue weighted by Gasteiger charge is 2.33. The molecule has 3 aromatic rings. The number of nitrogens with one attached hydrogen (secondary N) is 2. The minimum Gasteiger partial charge on any atom is -0.279 e. The quantitative estimate of drug-likeness (QED) is 0.408. The third kappa shape index (κ3) is 2.77. The largest absolute Gasteiger partial charge is 0.279 e. The number of hydrogen-bond donors (Lipinski definition) is 2. The van der Waals surface area contributed by atoms with Gasteiger partial charge in [0.2, 0.25) is 5.82 Å². The van der Waals surface area contributed by atoms with Crippen molar-refractivity contribution in [2.75, 3.05) is 4.72 Å². The lowest BCUT2D eigenvalue weighted by Gasteiger charge is -2.11. The number of benzene rings is 2. The fourth-order valence-corrected chi connectivity index (χ4v) is 3.37. The van der Waals surface area contributed by atoms with Crippen LogP contribution in [0.4, 0.5) is 27.6 Å². The van der Waals surface area contributed by atoms with Gasteiger partial charge in [-0.05, 0) is 12.1 Å². The molecule has 0 aliphatic rings. The molecule has 2 N–H and O–H groups in total. The van der Waals surface area contributed by atoms with Crippen molar-refractivity contribution in [2.24, 2.45) is 0 Å². The first kappa shape index (κ1) is 17.8. The van der Waals surface area contributed by atoms with E-state index < -0.39 is 49.6 Å². The van der Waals surface area contributed by atoms with E-state index in [-0.39, 0.29) is 11.1 Å². The second-order valence-corrected chi connectivity index (χ2v) is 6.62. The van der Waals surface area contributed by atoms with Gasteiger partial charge in [0.05, 0.1) is 11.6 Å². The van der Waals surface area contributed by atoms with Crippen LogP contribution in [0.25, 0.3) is 10.8 Å². The number of aromatic nitrogens is 2. The summed E-state index contributed by atoms with van der Waals surface area (Å²) in [6.07, 6.45) is 1.26. The van der Waals surface area contributed by atoms with E-state index >= 15 is 0 Å². The molecule has 0 unspecified atom stereocenters. The number of sulfonamides is 1. The summed E-state index contributed by atoms with van der Waals surface area (Å²) in [6, 6.07) is 3.40. The molecule has 1 aromatic heterocycles. The molecular weight excluding hydrogens is 385 g/mol. The number of halogens is 5. The van der Waals surface area contributed by atoms with E-state index in [2.05, 4.69) is 10.2 Å². The number of nitrogens with zero attached hydrogens (tertiary/aromatic N) is 1. The summed E-state index contributed by atoms with van der Waals surface area (Å²) in [5.41, 5.74) is -1.02. The van der Waals surface area contributed by atoms with Gasteiger partial charge in [0.15, 0.2) is 28.2 Å². The minimum absolute atomic E-state index is 0.0161. The summed E-state index contributed by atoms with van der Waals surface area (Å²) in [5.74, 6) is -12.3. The van der Waals surface area contributed by atoms with Gasteiger partial charge in [0.25, 0.3) is 15.6 Å². The van der Waals surface area contributed by atoms with Gasteiger partial charge in [-0.1, -0.05) is 6.07 Å². The maximum absolute atomic E-state index is 13.7. The maximum Gasteiger partial charge on any atom is 0.272 e. The van der Waals surface area contributed by atoms with Crippen LogP contribution >= 0.6 is 0 Å². The van der Waals surface area contributed by atoms with E-state index in [1.807, 2.05) is 0 Å². The second kappa shape index (κ2) is 6.05. The predicted octanol–water partition coefficient (Wildman–Crippen LogP) is 2.42. The van der Waals surface area contributed by atoms with Gasteiger partial charge >= 0.3 is 0 Å². The lowest BCUT2D eigenvalue weighted by atomic mass is 10.2. The molecule has 3 rings (SSSR count). The Hall–Kier alpha value is -3.02. The van der Waals surface area contributed by atoms with E-state index in [4.69, 9.17) is 0 Å². The van der Waals surface area contributed by atoms with E-state index in [1.165, 1.54) is 12.3 Å². The van der Waals surface area contributed by atoms with Crippen LogP contribution < -0.4 is 10.3 Å². The molecule has 0 aliphatic carbocycles. The molecule has 136 valence electrons. The number of hydrogen-bond acceptors (Lipinski definition) is 4. The van der Waals surface area contributed by atoms with E-state index in [9.17, 15) is 35.2 Å². The highest BCUT2D eigenvalue weighted by molar-refractivity contribution is 7.92. The number of aromatic amines is 1. The Morgan fingerprint density at radius 1 is 0.923 bits per heavy atom. The van der Waals surface area contributed by atoms with Crippen molar-refractivity contribution in [2.45, 2.75) is 4.90 Å². The Bertz CT molecular complexity index is 1180. The number of rotatable bonds is 3. The van der Waals surface area contributed by atoms with Gasteiger partial charge < -0.3 is 0 Å². The molecule has 0 aliphatic heterocycles. The Morgan fingerprint density at radius 2 is 1.50 bits per heavy atom. The summed E-state index contributed by atoms with van der Waals surface area (Å²) in [5, 5.41) is 5.92. The van der Waals surface area contributed by atoms with Crippen LogP contribution in [0.3, 0.4) is 0 Å². The predicted molar refractivity (Wildman–Crippen MR) is 79.4 cm³/mol. The first-order chi connectivity index (χ1) is 12.1. The lowest BCUT2D eigenvalue weighted by Crippen LogP contribution is -2.19. The van der Waals surface area contributed by atoms with Crippen molar-refractivity contribution in [3.63, 3.8) is 0 Å². The Morgan fingerprint density at radius 3 is 2.12 bits per heavy atom. The first-order valence-electron chi connectivity index (χ1n) is 6.65. The summed E-state index contributed by atoms with van der Waals surface area (Å²) in [4.78, 5) is 9.62. The Kier molecular flexibility index (Phi) is 4.14. The van der Waals surface area contributed by atoms with Crippen LogP contribution in [0.1, 0.15) is 0 Å². The maximum atomic E-state index is 13.7. The fourth-order valence-electron chi connectivity index (χ4n) is 2.18. The van der Waals surface area contributed by atoms with Gasteiger partial charge in [-0.25, -0.2) is 35.5 Å². The van der Waals surface area contributed by atoms with Gasteiger partial charge in [-0.3, -0.25) is 9.52 Å². The second-order valence-electron chi connectivity index (χ2n) is 5.01. The van der Waals surface area contributed by atoms with Crippen LogP contribution in [-0.4, -0.2) is 18.6 Å². The first-order valence-corrected chi connectivity index (χ1v) is 8.13. The van der Waals surface area contributed by atoms with Crippen molar-refractivity contribution < 1.29 is 30.4 Å². The van der Waals surface area contributed by atoms with E-state index in [0.717, 1.165) is 12.1 Å². The molecule has 2 aromatic carbocycles. The minimum atomic E-state index is -5.19. The van der Waals surface area contributed by atoms with E-state index in [0.29, 0.717) is 5.39 Å². The Balaban J connectivity index is 2.14. The van der Waals surface area contributed by atoms with Gasteiger partial charge in [-0.15, -0.1) is 0 Å². The van der Waals surface area contributed by atoms with Crippen LogP contribution in [-0.2, 0) is 10.0 Å². The highest BCUT2D eigenvalue weighted by Crippen LogP contribution is 2.28. The zero-order valence-corrected chi connectivity index (χ0v) is 13.1. The molecular formula is C14H6F5N3O3S. The molecule has 6 nitrogen and oxygen atoms in total. The standard InChI is InChI=1S/C14H6F5N3O3S/c15-8-9(16)11(18)13(12(19)10(8)17)26(24,25)22-6-2-1-5-4-20-21-14(23)7(5)3-6/h1-4,22H,(H,21,23). The molecule has 0 amide bonds. The van der Waals surface area contributed by atoms with Crippen molar-refractivity contribution in [3.05, 3.63) is 63.8 Å². The van der Waals surface area contributed by atoms with Crippen molar-refractivity contribution in [1.82, 2.24) is 10.2 Å².